The molecular weight excluding hydrogens is 284 g/mol. The van der Waals surface area contributed by atoms with Crippen molar-refractivity contribution in [3.63, 3.8) is 0 Å². The van der Waals surface area contributed by atoms with E-state index in [1.54, 1.807) is 5.51 Å². The van der Waals surface area contributed by atoms with Gasteiger partial charge in [-0.15, -0.1) is 11.3 Å². The van der Waals surface area contributed by atoms with E-state index in [1.165, 1.54) is 11.3 Å². The zero-order chi connectivity index (χ0) is 15.1. The van der Waals surface area contributed by atoms with Crippen LogP contribution in [-0.4, -0.2) is 34.0 Å². The van der Waals surface area contributed by atoms with E-state index >= 15 is 0 Å². The molecule has 1 aromatic rings. The van der Waals surface area contributed by atoms with E-state index in [9.17, 15) is 14.4 Å². The summed E-state index contributed by atoms with van der Waals surface area (Å²) >= 11 is 1.40. The first-order valence-electron chi connectivity index (χ1n) is 5.84. The van der Waals surface area contributed by atoms with Crippen LogP contribution in [0.25, 0.3) is 0 Å². The first-order chi connectivity index (χ1) is 9.40. The van der Waals surface area contributed by atoms with Gasteiger partial charge in [0, 0.05) is 11.3 Å². The molecule has 0 radical (unpaired) electrons. The number of carbonyl (C=O) groups excluding carboxylic acids is 2. The fourth-order valence-electron chi connectivity index (χ4n) is 1.41. The summed E-state index contributed by atoms with van der Waals surface area (Å²) in [5, 5.41) is 13.7. The van der Waals surface area contributed by atoms with Crippen molar-refractivity contribution in [2.45, 2.75) is 32.4 Å². The van der Waals surface area contributed by atoms with Crippen LogP contribution in [0.5, 0.6) is 0 Å². The van der Waals surface area contributed by atoms with E-state index in [4.69, 9.17) is 10.8 Å². The average molecular weight is 300 g/mol. The number of amides is 3. The number of nitrogens with two attached hydrogens (primary N) is 1. The number of aromatic nitrogens is 1. The highest BCUT2D eigenvalue weighted by molar-refractivity contribution is 7.09. The second kappa shape index (κ2) is 7.43. The van der Waals surface area contributed by atoms with Crippen LogP contribution in [0.3, 0.4) is 0 Å². The molecule has 0 aromatic carbocycles. The Morgan fingerprint density at radius 3 is 2.70 bits per heavy atom. The highest BCUT2D eigenvalue weighted by atomic mass is 32.1. The van der Waals surface area contributed by atoms with Crippen LogP contribution in [-0.2, 0) is 16.1 Å². The Balaban J connectivity index is 2.43. The molecule has 0 saturated heterocycles. The molecule has 1 heterocycles. The molecule has 20 heavy (non-hydrogen) atoms. The molecule has 9 heteroatoms. The van der Waals surface area contributed by atoms with Gasteiger partial charge in [-0.05, 0) is 13.3 Å². The summed E-state index contributed by atoms with van der Waals surface area (Å²) in [6.07, 6.45) is -0.150. The molecule has 0 bridgehead atoms. The predicted molar refractivity (Wildman–Crippen MR) is 72.1 cm³/mol. The molecule has 0 aliphatic heterocycles. The van der Waals surface area contributed by atoms with Crippen LogP contribution in [0.15, 0.2) is 5.51 Å². The van der Waals surface area contributed by atoms with Gasteiger partial charge in [0.15, 0.2) is 0 Å². The van der Waals surface area contributed by atoms with Crippen molar-refractivity contribution in [1.29, 1.82) is 0 Å². The van der Waals surface area contributed by atoms with E-state index in [0.29, 0.717) is 0 Å². The monoisotopic (exact) mass is 300 g/mol. The minimum absolute atomic E-state index is 0.0440. The number of aryl methyl sites for hydroxylation is 1. The number of carboxylic acid groups (broad SMARTS) is 1. The summed E-state index contributed by atoms with van der Waals surface area (Å²) in [7, 11) is 0. The number of urea groups is 1. The summed E-state index contributed by atoms with van der Waals surface area (Å²) in [5.74, 6) is -1.82. The van der Waals surface area contributed by atoms with Gasteiger partial charge in [0.25, 0.3) is 0 Å². The quantitative estimate of drug-likeness (QED) is 0.561. The number of carbonyl (C=O) groups is 3. The number of nitrogens with zero attached hydrogens (tertiary/aromatic N) is 1. The standard InChI is InChI=1S/C11H16N4O4S/c1-6-8(20-5-14-6)4-13-11(19)15-7(10(17)18)2-3-9(12)16/h5,7H,2-4H2,1H3,(H2,12,16)(H,17,18)(H2,13,15,19)/t7-/m1/s1. The van der Waals surface area contributed by atoms with E-state index < -0.39 is 23.9 Å². The SMILES string of the molecule is Cc1ncsc1CNC(=O)N[C@H](CCC(N)=O)C(=O)O. The van der Waals surface area contributed by atoms with Gasteiger partial charge in [-0.2, -0.15) is 0 Å². The maximum absolute atomic E-state index is 11.6. The third-order valence-corrected chi connectivity index (χ3v) is 3.47. The summed E-state index contributed by atoms with van der Waals surface area (Å²) in [6.45, 7) is 2.09. The van der Waals surface area contributed by atoms with Crippen molar-refractivity contribution < 1.29 is 19.5 Å². The lowest BCUT2D eigenvalue weighted by molar-refractivity contribution is -0.139. The summed E-state index contributed by atoms with van der Waals surface area (Å²) in [6, 6.07) is -1.76. The number of primary amides is 1. The van der Waals surface area contributed by atoms with Crippen molar-refractivity contribution in [1.82, 2.24) is 15.6 Å². The second-order valence-electron chi connectivity index (χ2n) is 4.08. The highest BCUT2D eigenvalue weighted by Crippen LogP contribution is 2.11. The zero-order valence-electron chi connectivity index (χ0n) is 10.9. The van der Waals surface area contributed by atoms with E-state index in [2.05, 4.69) is 15.6 Å². The first kappa shape index (κ1) is 15.9. The number of aliphatic carboxylic acids is 1. The summed E-state index contributed by atoms with van der Waals surface area (Å²) in [4.78, 5) is 38.1. The lowest BCUT2D eigenvalue weighted by Gasteiger charge is -2.14. The number of hydrogen-bond donors (Lipinski definition) is 4. The molecule has 0 fully saturated rings. The fourth-order valence-corrected chi connectivity index (χ4v) is 2.13. The highest BCUT2D eigenvalue weighted by Gasteiger charge is 2.20. The third-order valence-electron chi connectivity index (χ3n) is 2.54. The van der Waals surface area contributed by atoms with Crippen molar-refractivity contribution >= 4 is 29.2 Å². The van der Waals surface area contributed by atoms with E-state index in [0.717, 1.165) is 10.6 Å². The van der Waals surface area contributed by atoms with Gasteiger partial charge >= 0.3 is 12.0 Å². The van der Waals surface area contributed by atoms with Crippen LogP contribution in [0.4, 0.5) is 4.79 Å². The van der Waals surface area contributed by atoms with Gasteiger partial charge in [0.1, 0.15) is 6.04 Å². The Hall–Kier alpha value is -2.16. The first-order valence-corrected chi connectivity index (χ1v) is 6.72. The van der Waals surface area contributed by atoms with Crippen LogP contribution in [0, 0.1) is 6.92 Å². The van der Waals surface area contributed by atoms with Gasteiger partial charge in [-0.25, -0.2) is 14.6 Å². The smallest absolute Gasteiger partial charge is 0.326 e. The molecule has 8 nitrogen and oxygen atoms in total. The van der Waals surface area contributed by atoms with Crippen molar-refractivity contribution in [3.8, 4) is 0 Å². The maximum atomic E-state index is 11.6. The molecule has 0 aliphatic carbocycles. The van der Waals surface area contributed by atoms with Gasteiger partial charge in [0.05, 0.1) is 17.7 Å². The van der Waals surface area contributed by atoms with E-state index in [-0.39, 0.29) is 19.4 Å². The van der Waals surface area contributed by atoms with Crippen molar-refractivity contribution in [2.24, 2.45) is 5.73 Å². The van der Waals surface area contributed by atoms with Gasteiger partial charge in [-0.3, -0.25) is 4.79 Å². The van der Waals surface area contributed by atoms with Gasteiger partial charge < -0.3 is 21.5 Å². The molecule has 0 aliphatic rings. The van der Waals surface area contributed by atoms with Crippen LogP contribution in [0.2, 0.25) is 0 Å². The van der Waals surface area contributed by atoms with E-state index in [1.807, 2.05) is 6.92 Å². The Morgan fingerprint density at radius 2 is 2.20 bits per heavy atom. The third kappa shape index (κ3) is 5.22. The Kier molecular flexibility index (Phi) is 5.91. The molecule has 0 saturated carbocycles. The molecule has 0 unspecified atom stereocenters. The molecule has 0 spiro atoms. The Morgan fingerprint density at radius 1 is 1.50 bits per heavy atom. The number of carboxylic acids is 1. The minimum atomic E-state index is -1.21. The molecule has 110 valence electrons. The summed E-state index contributed by atoms with van der Waals surface area (Å²) < 4.78 is 0. The van der Waals surface area contributed by atoms with Crippen LogP contribution < -0.4 is 16.4 Å². The van der Waals surface area contributed by atoms with Crippen molar-refractivity contribution in [2.75, 3.05) is 0 Å². The topological polar surface area (TPSA) is 134 Å². The largest absolute Gasteiger partial charge is 0.480 e. The van der Waals surface area contributed by atoms with Crippen molar-refractivity contribution in [3.05, 3.63) is 16.1 Å². The average Bonchev–Trinajstić information content (AvgIpc) is 2.77. The Labute approximate surface area is 119 Å². The molecule has 5 N–H and O–H groups in total. The second-order valence-corrected chi connectivity index (χ2v) is 5.02. The minimum Gasteiger partial charge on any atom is -0.480 e. The molecule has 1 rings (SSSR count). The van der Waals surface area contributed by atoms with Gasteiger partial charge in [-0.1, -0.05) is 0 Å². The normalized spacial score (nSPS) is 11.7. The Bertz CT molecular complexity index is 502. The fraction of sp³-hybridized carbons (Fsp3) is 0.455. The molecular formula is C11H16N4O4S. The number of rotatable bonds is 7. The maximum Gasteiger partial charge on any atom is 0.326 e. The summed E-state index contributed by atoms with van der Waals surface area (Å²) in [5.41, 5.74) is 7.43. The molecule has 3 amide bonds. The number of hydrogen-bond acceptors (Lipinski definition) is 5. The van der Waals surface area contributed by atoms with Gasteiger partial charge in [0.2, 0.25) is 5.91 Å². The zero-order valence-corrected chi connectivity index (χ0v) is 11.7. The number of thiazole rings is 1. The number of nitrogens with one attached hydrogen (secondary N) is 2. The molecule has 1 aromatic heterocycles. The van der Waals surface area contributed by atoms with Crippen LogP contribution in [0.1, 0.15) is 23.4 Å². The molecule has 1 atom stereocenters. The predicted octanol–water partition coefficient (Wildman–Crippen LogP) is -0.0306. The lowest BCUT2D eigenvalue weighted by Crippen LogP contribution is -2.46. The lowest BCUT2D eigenvalue weighted by atomic mass is 10.1. The van der Waals surface area contributed by atoms with Crippen LogP contribution >= 0.6 is 11.3 Å².